The van der Waals surface area contributed by atoms with Crippen LogP contribution in [0.3, 0.4) is 0 Å². The molecule has 1 aliphatic heterocycles. The van der Waals surface area contributed by atoms with Crippen LogP contribution in [0, 0.1) is 0 Å². The molecule has 25 heavy (non-hydrogen) atoms. The van der Waals surface area contributed by atoms with Gasteiger partial charge in [0.2, 0.25) is 17.9 Å². The first-order valence-corrected chi connectivity index (χ1v) is 8.37. The summed E-state index contributed by atoms with van der Waals surface area (Å²) in [6.45, 7) is 0.604. The molecule has 4 rings (SSSR count). The van der Waals surface area contributed by atoms with Crippen LogP contribution in [0.2, 0.25) is 0 Å². The van der Waals surface area contributed by atoms with Gasteiger partial charge in [0.05, 0.1) is 12.0 Å². The van der Waals surface area contributed by atoms with Gasteiger partial charge in [0.1, 0.15) is 12.3 Å². The van der Waals surface area contributed by atoms with Crippen molar-refractivity contribution in [3.63, 3.8) is 0 Å². The number of tetrazole rings is 1. The maximum absolute atomic E-state index is 12.1. The number of ether oxygens (including phenoxy) is 2. The van der Waals surface area contributed by atoms with Gasteiger partial charge in [-0.15, -0.1) is 5.10 Å². The summed E-state index contributed by atoms with van der Waals surface area (Å²) in [4.78, 5) is 12.1. The third-order valence-corrected chi connectivity index (χ3v) is 4.33. The van der Waals surface area contributed by atoms with Crippen molar-refractivity contribution < 1.29 is 18.7 Å². The number of hydrogen-bond acceptors (Lipinski definition) is 8. The zero-order valence-corrected chi connectivity index (χ0v) is 13.7. The molecule has 0 saturated carbocycles. The van der Waals surface area contributed by atoms with Crippen LogP contribution in [-0.2, 0) is 11.3 Å². The molecule has 3 heterocycles. The quantitative estimate of drug-likeness (QED) is 0.664. The van der Waals surface area contributed by atoms with Gasteiger partial charge in [-0.25, -0.2) is 4.68 Å². The lowest BCUT2D eigenvalue weighted by Crippen LogP contribution is -2.14. The third-order valence-electron chi connectivity index (χ3n) is 3.37. The van der Waals surface area contributed by atoms with Crippen molar-refractivity contribution in [1.29, 1.82) is 0 Å². The smallest absolute Gasteiger partial charge is 0.234 e. The van der Waals surface area contributed by atoms with Crippen LogP contribution >= 0.6 is 11.8 Å². The Hall–Kier alpha value is -3.01. The van der Waals surface area contributed by atoms with Crippen molar-refractivity contribution in [2.24, 2.45) is 0 Å². The second-order valence-corrected chi connectivity index (χ2v) is 6.05. The Labute approximate surface area is 146 Å². The lowest BCUT2D eigenvalue weighted by atomic mass is 10.3. The van der Waals surface area contributed by atoms with Gasteiger partial charge in [-0.05, 0) is 34.7 Å². The molecule has 1 aromatic carbocycles. The van der Waals surface area contributed by atoms with E-state index in [2.05, 4.69) is 20.8 Å². The van der Waals surface area contributed by atoms with E-state index in [0.29, 0.717) is 28.9 Å². The molecule has 0 aliphatic carbocycles. The van der Waals surface area contributed by atoms with Crippen molar-refractivity contribution in [1.82, 2.24) is 20.2 Å². The number of anilines is 1. The standard InChI is InChI=1S/C15H13N5O4S/c21-14(16-10-3-4-12-13(6-10)24-9-23-12)8-25-15-17-18-19-20(15)7-11-2-1-5-22-11/h1-6H,7-9H2,(H,16,21). The van der Waals surface area contributed by atoms with E-state index in [1.807, 2.05) is 6.07 Å². The van der Waals surface area contributed by atoms with Crippen LogP contribution in [0.1, 0.15) is 5.76 Å². The second-order valence-electron chi connectivity index (χ2n) is 5.10. The van der Waals surface area contributed by atoms with E-state index in [9.17, 15) is 4.79 Å². The minimum Gasteiger partial charge on any atom is -0.467 e. The molecule has 1 amide bonds. The lowest BCUT2D eigenvalue weighted by Gasteiger charge is -2.06. The fourth-order valence-corrected chi connectivity index (χ4v) is 2.93. The monoisotopic (exact) mass is 359 g/mol. The van der Waals surface area contributed by atoms with Crippen molar-refractivity contribution in [3.05, 3.63) is 42.4 Å². The molecule has 0 radical (unpaired) electrons. The van der Waals surface area contributed by atoms with E-state index < -0.39 is 0 Å². The maximum atomic E-state index is 12.1. The van der Waals surface area contributed by atoms with Gasteiger partial charge in [-0.2, -0.15) is 0 Å². The molecule has 2 aromatic heterocycles. The number of fused-ring (bicyclic) bond motifs is 1. The van der Waals surface area contributed by atoms with Gasteiger partial charge < -0.3 is 19.2 Å². The Morgan fingerprint density at radius 2 is 2.20 bits per heavy atom. The fourth-order valence-electron chi connectivity index (χ4n) is 2.25. The number of nitrogens with zero attached hydrogens (tertiary/aromatic N) is 4. The molecule has 3 aromatic rings. The summed E-state index contributed by atoms with van der Waals surface area (Å²) >= 11 is 1.25. The summed E-state index contributed by atoms with van der Waals surface area (Å²) < 4.78 is 17.4. The van der Waals surface area contributed by atoms with Gasteiger partial charge in [0, 0.05) is 11.8 Å². The van der Waals surface area contributed by atoms with Crippen LogP contribution in [-0.4, -0.2) is 38.7 Å². The number of furan rings is 1. The summed E-state index contributed by atoms with van der Waals surface area (Å²) in [6, 6.07) is 8.88. The van der Waals surface area contributed by atoms with Crippen LogP contribution < -0.4 is 14.8 Å². The average Bonchev–Trinajstić information content (AvgIpc) is 3.35. The lowest BCUT2D eigenvalue weighted by molar-refractivity contribution is -0.113. The van der Waals surface area contributed by atoms with Crippen molar-refractivity contribution >= 4 is 23.4 Å². The molecular formula is C15H13N5O4S. The van der Waals surface area contributed by atoms with E-state index in [0.717, 1.165) is 5.76 Å². The van der Waals surface area contributed by atoms with Crippen LogP contribution in [0.15, 0.2) is 46.2 Å². The molecule has 0 spiro atoms. The van der Waals surface area contributed by atoms with Gasteiger partial charge in [-0.1, -0.05) is 11.8 Å². The highest BCUT2D eigenvalue weighted by Gasteiger charge is 2.15. The Bertz CT molecular complexity index is 880. The summed E-state index contributed by atoms with van der Waals surface area (Å²) in [6.07, 6.45) is 1.59. The SMILES string of the molecule is O=C(CSc1nnnn1Cc1ccco1)Nc1ccc2c(c1)OCO2. The molecule has 0 unspecified atom stereocenters. The van der Waals surface area contributed by atoms with Crippen molar-refractivity contribution in [2.75, 3.05) is 17.9 Å². The Balaban J connectivity index is 1.34. The highest BCUT2D eigenvalue weighted by Crippen LogP contribution is 2.34. The topological polar surface area (TPSA) is 104 Å². The summed E-state index contributed by atoms with van der Waals surface area (Å²) in [5.41, 5.74) is 0.644. The third kappa shape index (κ3) is 3.58. The molecule has 0 saturated heterocycles. The molecule has 1 aliphatic rings. The number of amides is 1. The number of thioether (sulfide) groups is 1. The number of carbonyl (C=O) groups excluding carboxylic acids is 1. The number of hydrogen-bond donors (Lipinski definition) is 1. The number of benzene rings is 1. The highest BCUT2D eigenvalue weighted by molar-refractivity contribution is 7.99. The van der Waals surface area contributed by atoms with Gasteiger partial charge in [-0.3, -0.25) is 4.79 Å². The van der Waals surface area contributed by atoms with E-state index in [4.69, 9.17) is 13.9 Å². The number of carbonyl (C=O) groups is 1. The Morgan fingerprint density at radius 1 is 1.28 bits per heavy atom. The number of aromatic nitrogens is 4. The molecule has 9 nitrogen and oxygen atoms in total. The molecule has 1 N–H and O–H groups in total. The van der Waals surface area contributed by atoms with Crippen molar-refractivity contribution in [2.45, 2.75) is 11.7 Å². The predicted octanol–water partition coefficient (Wildman–Crippen LogP) is 1.77. The first-order valence-electron chi connectivity index (χ1n) is 7.39. The van der Waals surface area contributed by atoms with Crippen molar-refractivity contribution in [3.8, 4) is 11.5 Å². The second kappa shape index (κ2) is 6.85. The zero-order valence-electron chi connectivity index (χ0n) is 12.9. The summed E-state index contributed by atoms with van der Waals surface area (Å²) in [5.74, 6) is 2.03. The molecule has 0 fully saturated rings. The number of nitrogens with one attached hydrogen (secondary N) is 1. The number of rotatable bonds is 6. The first kappa shape index (κ1) is 15.5. The Kier molecular flexibility index (Phi) is 4.25. The first-order chi connectivity index (χ1) is 12.3. The summed E-state index contributed by atoms with van der Waals surface area (Å²) in [7, 11) is 0. The zero-order chi connectivity index (χ0) is 17.1. The van der Waals surface area contributed by atoms with E-state index in [1.165, 1.54) is 11.8 Å². The minimum absolute atomic E-state index is 0.170. The van der Waals surface area contributed by atoms with E-state index in [-0.39, 0.29) is 18.5 Å². The van der Waals surface area contributed by atoms with E-state index in [1.54, 1.807) is 35.2 Å². The van der Waals surface area contributed by atoms with Crippen LogP contribution in [0.5, 0.6) is 11.5 Å². The molecular weight excluding hydrogens is 346 g/mol. The molecule has 0 bridgehead atoms. The van der Waals surface area contributed by atoms with Gasteiger partial charge >= 0.3 is 0 Å². The van der Waals surface area contributed by atoms with Gasteiger partial charge in [0.15, 0.2) is 11.5 Å². The molecule has 0 atom stereocenters. The van der Waals surface area contributed by atoms with Gasteiger partial charge in [0.25, 0.3) is 0 Å². The summed E-state index contributed by atoms with van der Waals surface area (Å²) in [5, 5.41) is 14.8. The largest absolute Gasteiger partial charge is 0.467 e. The maximum Gasteiger partial charge on any atom is 0.234 e. The Morgan fingerprint density at radius 3 is 3.08 bits per heavy atom. The fraction of sp³-hybridized carbons (Fsp3) is 0.200. The highest BCUT2D eigenvalue weighted by atomic mass is 32.2. The normalized spacial score (nSPS) is 12.3. The molecule has 10 heteroatoms. The average molecular weight is 359 g/mol. The molecule has 128 valence electrons. The van der Waals surface area contributed by atoms with Crippen LogP contribution in [0.25, 0.3) is 0 Å². The van der Waals surface area contributed by atoms with Crippen LogP contribution in [0.4, 0.5) is 5.69 Å². The van der Waals surface area contributed by atoms with E-state index >= 15 is 0 Å². The minimum atomic E-state index is -0.170. The predicted molar refractivity (Wildman–Crippen MR) is 87.5 cm³/mol.